The zero-order chi connectivity index (χ0) is 11.1. The van der Waals surface area contributed by atoms with Crippen LogP contribution < -0.4 is 10.1 Å². The molecule has 0 bridgehead atoms. The molecule has 2 rings (SSSR count). The van der Waals surface area contributed by atoms with Gasteiger partial charge in [-0.25, -0.2) is 4.39 Å². The summed E-state index contributed by atoms with van der Waals surface area (Å²) in [6, 6.07) is 3.34. The summed E-state index contributed by atoms with van der Waals surface area (Å²) < 4.78 is 18.8. The molecular weight excluding hydrogens is 193 g/mol. The lowest BCUT2D eigenvalue weighted by Gasteiger charge is -2.17. The molecule has 0 radical (unpaired) electrons. The first-order valence-corrected chi connectivity index (χ1v) is 5.25. The molecule has 0 aliphatic carbocycles. The van der Waals surface area contributed by atoms with Crippen LogP contribution in [0, 0.1) is 5.82 Å². The molecule has 0 amide bonds. The summed E-state index contributed by atoms with van der Waals surface area (Å²) in [7, 11) is 0. The van der Waals surface area contributed by atoms with Crippen LogP contribution in [0.4, 0.5) is 10.1 Å². The van der Waals surface area contributed by atoms with E-state index in [0.29, 0.717) is 12.4 Å². The van der Waals surface area contributed by atoms with Gasteiger partial charge in [0.05, 0.1) is 6.61 Å². The van der Waals surface area contributed by atoms with Crippen molar-refractivity contribution < 1.29 is 9.13 Å². The number of ether oxygens (including phenoxy) is 1. The Kier molecular flexibility index (Phi) is 2.33. The summed E-state index contributed by atoms with van der Waals surface area (Å²) in [5.41, 5.74) is 2.07. The first-order chi connectivity index (χ1) is 7.04. The van der Waals surface area contributed by atoms with Gasteiger partial charge in [0.15, 0.2) is 11.6 Å². The molecule has 2 nitrogen and oxygen atoms in total. The molecule has 0 unspecified atom stereocenters. The molecule has 1 heterocycles. The monoisotopic (exact) mass is 209 g/mol. The van der Waals surface area contributed by atoms with Gasteiger partial charge in [0, 0.05) is 23.7 Å². The Balaban J connectivity index is 2.47. The number of rotatable bonds is 2. The molecule has 0 aromatic heterocycles. The molecule has 1 aromatic rings. The van der Waals surface area contributed by atoms with E-state index >= 15 is 0 Å². The van der Waals surface area contributed by atoms with Gasteiger partial charge in [0.1, 0.15) is 0 Å². The summed E-state index contributed by atoms with van der Waals surface area (Å²) >= 11 is 0. The van der Waals surface area contributed by atoms with Crippen molar-refractivity contribution >= 4 is 5.69 Å². The Morgan fingerprint density at radius 3 is 2.87 bits per heavy atom. The van der Waals surface area contributed by atoms with Crippen molar-refractivity contribution in [2.75, 3.05) is 18.5 Å². The second kappa shape index (κ2) is 3.40. The normalized spacial score (nSPS) is 17.1. The average Bonchev–Trinajstić information content (AvgIpc) is 2.44. The van der Waals surface area contributed by atoms with Gasteiger partial charge >= 0.3 is 0 Å². The lowest BCUT2D eigenvalue weighted by molar-refractivity contribution is 0.321. The standard InChI is InChI=1S/C12H16FNO/c1-4-15-11-5-8-10(6-9(11)13)14-7-12(8,2)3/h5-6,14H,4,7H2,1-3H3. The van der Waals surface area contributed by atoms with E-state index in [1.54, 1.807) is 0 Å². The molecule has 1 aliphatic heterocycles. The van der Waals surface area contributed by atoms with Crippen molar-refractivity contribution in [3.05, 3.63) is 23.5 Å². The van der Waals surface area contributed by atoms with Gasteiger partial charge in [-0.1, -0.05) is 13.8 Å². The molecule has 3 heteroatoms. The topological polar surface area (TPSA) is 21.3 Å². The highest BCUT2D eigenvalue weighted by Gasteiger charge is 2.31. The molecule has 0 saturated heterocycles. The number of hydrogen-bond donors (Lipinski definition) is 1. The van der Waals surface area contributed by atoms with Crippen molar-refractivity contribution in [1.82, 2.24) is 0 Å². The summed E-state index contributed by atoms with van der Waals surface area (Å²) in [5, 5.41) is 3.20. The average molecular weight is 209 g/mol. The van der Waals surface area contributed by atoms with Gasteiger partial charge < -0.3 is 10.1 Å². The fourth-order valence-corrected chi connectivity index (χ4v) is 1.94. The van der Waals surface area contributed by atoms with Crippen LogP contribution >= 0.6 is 0 Å². The maximum atomic E-state index is 13.5. The second-order valence-corrected chi connectivity index (χ2v) is 4.50. The fraction of sp³-hybridized carbons (Fsp3) is 0.500. The predicted octanol–water partition coefficient (Wildman–Crippen LogP) is 2.93. The van der Waals surface area contributed by atoms with Gasteiger partial charge in [-0.3, -0.25) is 0 Å². The van der Waals surface area contributed by atoms with Crippen LogP contribution in [-0.4, -0.2) is 13.2 Å². The zero-order valence-corrected chi connectivity index (χ0v) is 9.36. The largest absolute Gasteiger partial charge is 0.491 e. The Hall–Kier alpha value is -1.25. The van der Waals surface area contributed by atoms with Gasteiger partial charge in [-0.2, -0.15) is 0 Å². The number of benzene rings is 1. The highest BCUT2D eigenvalue weighted by atomic mass is 19.1. The van der Waals surface area contributed by atoms with E-state index in [0.717, 1.165) is 17.8 Å². The predicted molar refractivity (Wildman–Crippen MR) is 59.1 cm³/mol. The smallest absolute Gasteiger partial charge is 0.167 e. The third-order valence-corrected chi connectivity index (χ3v) is 2.82. The van der Waals surface area contributed by atoms with Crippen LogP contribution in [0.15, 0.2) is 12.1 Å². The minimum atomic E-state index is -0.291. The molecular formula is C12H16FNO. The maximum absolute atomic E-state index is 13.5. The van der Waals surface area contributed by atoms with Crippen molar-refractivity contribution in [2.45, 2.75) is 26.2 Å². The van der Waals surface area contributed by atoms with Crippen molar-refractivity contribution in [1.29, 1.82) is 0 Å². The number of halogens is 1. The molecule has 1 N–H and O–H groups in total. The van der Waals surface area contributed by atoms with Crippen molar-refractivity contribution in [2.24, 2.45) is 0 Å². The molecule has 82 valence electrons. The molecule has 0 fully saturated rings. The van der Waals surface area contributed by atoms with Crippen LogP contribution in [-0.2, 0) is 5.41 Å². The van der Waals surface area contributed by atoms with E-state index in [2.05, 4.69) is 19.2 Å². The van der Waals surface area contributed by atoms with E-state index in [9.17, 15) is 4.39 Å². The van der Waals surface area contributed by atoms with Gasteiger partial charge in [-0.15, -0.1) is 0 Å². The van der Waals surface area contributed by atoms with E-state index in [4.69, 9.17) is 4.74 Å². The Morgan fingerprint density at radius 1 is 1.47 bits per heavy atom. The summed E-state index contributed by atoms with van der Waals surface area (Å²) in [6.07, 6.45) is 0. The van der Waals surface area contributed by atoms with Crippen LogP contribution in [0.1, 0.15) is 26.3 Å². The van der Waals surface area contributed by atoms with Gasteiger partial charge in [-0.05, 0) is 18.6 Å². The summed E-state index contributed by atoms with van der Waals surface area (Å²) in [5.74, 6) is 0.0637. The molecule has 15 heavy (non-hydrogen) atoms. The van der Waals surface area contributed by atoms with E-state index in [1.807, 2.05) is 13.0 Å². The minimum absolute atomic E-state index is 0.0505. The third-order valence-electron chi connectivity index (χ3n) is 2.82. The maximum Gasteiger partial charge on any atom is 0.167 e. The van der Waals surface area contributed by atoms with E-state index in [-0.39, 0.29) is 11.2 Å². The number of anilines is 1. The fourth-order valence-electron chi connectivity index (χ4n) is 1.94. The van der Waals surface area contributed by atoms with Crippen LogP contribution in [0.25, 0.3) is 0 Å². The van der Waals surface area contributed by atoms with Gasteiger partial charge in [0.2, 0.25) is 0 Å². The number of nitrogens with one attached hydrogen (secondary N) is 1. The Morgan fingerprint density at radius 2 is 2.20 bits per heavy atom. The number of hydrogen-bond acceptors (Lipinski definition) is 2. The SMILES string of the molecule is CCOc1cc2c(cc1F)NCC2(C)C. The Labute approximate surface area is 89.4 Å². The van der Waals surface area contributed by atoms with Gasteiger partial charge in [0.25, 0.3) is 0 Å². The first-order valence-electron chi connectivity index (χ1n) is 5.25. The van der Waals surface area contributed by atoms with E-state index < -0.39 is 0 Å². The van der Waals surface area contributed by atoms with Crippen LogP contribution in [0.5, 0.6) is 5.75 Å². The highest BCUT2D eigenvalue weighted by Crippen LogP contribution is 2.39. The molecule has 0 atom stereocenters. The zero-order valence-electron chi connectivity index (χ0n) is 9.36. The molecule has 1 aliphatic rings. The number of fused-ring (bicyclic) bond motifs is 1. The summed E-state index contributed by atoms with van der Waals surface area (Å²) in [4.78, 5) is 0. The van der Waals surface area contributed by atoms with Crippen molar-refractivity contribution in [3.63, 3.8) is 0 Å². The lowest BCUT2D eigenvalue weighted by atomic mass is 9.87. The quantitative estimate of drug-likeness (QED) is 0.808. The lowest BCUT2D eigenvalue weighted by Crippen LogP contribution is -2.19. The minimum Gasteiger partial charge on any atom is -0.491 e. The second-order valence-electron chi connectivity index (χ2n) is 4.50. The third kappa shape index (κ3) is 1.66. The molecule has 0 saturated carbocycles. The first kappa shape index (κ1) is 10.3. The Bertz CT molecular complexity index is 387. The van der Waals surface area contributed by atoms with Crippen LogP contribution in [0.3, 0.4) is 0 Å². The summed E-state index contributed by atoms with van der Waals surface area (Å²) in [6.45, 7) is 7.47. The molecule has 1 aromatic carbocycles. The van der Waals surface area contributed by atoms with Crippen molar-refractivity contribution in [3.8, 4) is 5.75 Å². The highest BCUT2D eigenvalue weighted by molar-refractivity contribution is 5.62. The van der Waals surface area contributed by atoms with E-state index in [1.165, 1.54) is 6.07 Å². The molecule has 0 spiro atoms. The van der Waals surface area contributed by atoms with Crippen LogP contribution in [0.2, 0.25) is 0 Å².